The van der Waals surface area contributed by atoms with Crippen molar-refractivity contribution in [3.8, 4) is 6.07 Å². The molecule has 3 heteroatoms. The van der Waals surface area contributed by atoms with E-state index in [0.29, 0.717) is 12.0 Å². The molecule has 0 saturated carbocycles. The van der Waals surface area contributed by atoms with Gasteiger partial charge >= 0.3 is 0 Å². The molecule has 1 nitrogen and oxygen atoms in total. The highest BCUT2D eigenvalue weighted by molar-refractivity contribution is 6.18. The summed E-state index contributed by atoms with van der Waals surface area (Å²) in [5, 5.41) is 8.62. The largest absolute Gasteiger partial charge is 0.207 e. The Balaban J connectivity index is 2.74. The minimum absolute atomic E-state index is 0.241. The first-order valence-electron chi connectivity index (χ1n) is 3.97. The van der Waals surface area contributed by atoms with Crippen LogP contribution in [0.25, 0.3) is 0 Å². The van der Waals surface area contributed by atoms with E-state index in [1.54, 1.807) is 18.2 Å². The number of hydrogen-bond donors (Lipinski definition) is 0. The molecule has 0 spiro atoms. The van der Waals surface area contributed by atoms with Crippen molar-refractivity contribution in [2.24, 2.45) is 5.92 Å². The molecule has 0 bridgehead atoms. The monoisotopic (exact) mass is 197 g/mol. The Hall–Kier alpha value is -1.07. The molecule has 0 aliphatic rings. The van der Waals surface area contributed by atoms with E-state index in [1.807, 2.05) is 6.07 Å². The van der Waals surface area contributed by atoms with Gasteiger partial charge in [0.2, 0.25) is 0 Å². The average Bonchev–Trinajstić information content (AvgIpc) is 2.17. The molecule has 13 heavy (non-hydrogen) atoms. The van der Waals surface area contributed by atoms with E-state index in [2.05, 4.69) is 0 Å². The molecule has 0 N–H and O–H groups in total. The summed E-state index contributed by atoms with van der Waals surface area (Å²) in [6.45, 7) is 0. The molecule has 0 aromatic heterocycles. The zero-order valence-corrected chi connectivity index (χ0v) is 7.76. The maximum atomic E-state index is 13.1. The van der Waals surface area contributed by atoms with Gasteiger partial charge in [-0.25, -0.2) is 4.39 Å². The summed E-state index contributed by atoms with van der Waals surface area (Å²) in [6.07, 6.45) is 0.382. The molecular formula is C10H9ClFN. The summed E-state index contributed by atoms with van der Waals surface area (Å²) in [7, 11) is 0. The Kier molecular flexibility index (Phi) is 3.72. The maximum absolute atomic E-state index is 13.1. The van der Waals surface area contributed by atoms with Gasteiger partial charge < -0.3 is 0 Å². The second kappa shape index (κ2) is 4.84. The fourth-order valence-corrected chi connectivity index (χ4v) is 1.24. The lowest BCUT2D eigenvalue weighted by Crippen LogP contribution is -2.04. The van der Waals surface area contributed by atoms with Gasteiger partial charge in [-0.05, 0) is 18.1 Å². The summed E-state index contributed by atoms with van der Waals surface area (Å²) < 4.78 is 13.1. The molecule has 1 unspecified atom stereocenters. The summed E-state index contributed by atoms with van der Waals surface area (Å²) >= 11 is 5.52. The Labute approximate surface area is 81.8 Å². The average molecular weight is 198 g/mol. The van der Waals surface area contributed by atoms with Crippen LogP contribution < -0.4 is 0 Å². The number of hydrogen-bond acceptors (Lipinski definition) is 1. The number of nitrogens with zero attached hydrogens (tertiary/aromatic N) is 1. The predicted octanol–water partition coefficient (Wildman–Crippen LogP) is 2.75. The van der Waals surface area contributed by atoms with Crippen LogP contribution in [-0.4, -0.2) is 5.88 Å². The molecular weight excluding hydrogens is 189 g/mol. The van der Waals surface area contributed by atoms with Crippen LogP contribution in [0.5, 0.6) is 0 Å². The molecule has 1 rings (SSSR count). The number of halogens is 2. The van der Waals surface area contributed by atoms with Crippen LogP contribution in [0.4, 0.5) is 4.39 Å². The van der Waals surface area contributed by atoms with Gasteiger partial charge in [-0.15, -0.1) is 11.6 Å². The maximum Gasteiger partial charge on any atom is 0.126 e. The first kappa shape index (κ1) is 10.0. The normalized spacial score (nSPS) is 12.1. The Morgan fingerprint density at radius 3 is 2.69 bits per heavy atom. The molecule has 0 aliphatic heterocycles. The third kappa shape index (κ3) is 2.71. The number of alkyl halides is 1. The van der Waals surface area contributed by atoms with Crippen LogP contribution in [0, 0.1) is 23.1 Å². The quantitative estimate of drug-likeness (QED) is 0.684. The second-order valence-electron chi connectivity index (χ2n) is 2.78. The highest BCUT2D eigenvalue weighted by Gasteiger charge is 2.09. The van der Waals surface area contributed by atoms with Crippen molar-refractivity contribution in [2.45, 2.75) is 6.42 Å². The highest BCUT2D eigenvalue weighted by atomic mass is 35.5. The van der Waals surface area contributed by atoms with Gasteiger partial charge in [0.1, 0.15) is 5.82 Å². The van der Waals surface area contributed by atoms with Crippen molar-refractivity contribution >= 4 is 11.6 Å². The minimum atomic E-state index is -0.307. The molecule has 1 atom stereocenters. The van der Waals surface area contributed by atoms with Gasteiger partial charge in [0.05, 0.1) is 12.0 Å². The molecule has 0 radical (unpaired) electrons. The number of rotatable bonds is 3. The zero-order chi connectivity index (χ0) is 9.68. The summed E-state index contributed by atoms with van der Waals surface area (Å²) in [5.74, 6) is -0.336. The molecule has 0 saturated heterocycles. The Morgan fingerprint density at radius 2 is 2.15 bits per heavy atom. The van der Waals surface area contributed by atoms with Gasteiger partial charge in [0.25, 0.3) is 0 Å². The lowest BCUT2D eigenvalue weighted by atomic mass is 10.0. The Morgan fingerprint density at radius 1 is 1.46 bits per heavy atom. The third-order valence-corrected chi connectivity index (χ3v) is 2.17. The van der Waals surface area contributed by atoms with Gasteiger partial charge in [-0.1, -0.05) is 18.2 Å². The molecule has 0 amide bonds. The van der Waals surface area contributed by atoms with Crippen LogP contribution in [0.15, 0.2) is 24.3 Å². The van der Waals surface area contributed by atoms with Crippen molar-refractivity contribution in [1.29, 1.82) is 5.26 Å². The van der Waals surface area contributed by atoms with Crippen LogP contribution in [0.3, 0.4) is 0 Å². The van der Waals surface area contributed by atoms with Crippen molar-refractivity contribution in [3.05, 3.63) is 35.6 Å². The van der Waals surface area contributed by atoms with Crippen molar-refractivity contribution in [2.75, 3.05) is 5.88 Å². The molecule has 0 fully saturated rings. The molecule has 0 heterocycles. The molecule has 1 aromatic carbocycles. The number of nitriles is 1. The van der Waals surface area contributed by atoms with E-state index in [1.165, 1.54) is 6.07 Å². The summed E-state index contributed by atoms with van der Waals surface area (Å²) in [6, 6.07) is 8.47. The molecule has 68 valence electrons. The van der Waals surface area contributed by atoms with E-state index in [0.717, 1.165) is 0 Å². The van der Waals surface area contributed by atoms with E-state index in [-0.39, 0.29) is 17.6 Å². The van der Waals surface area contributed by atoms with Gasteiger partial charge in [-0.3, -0.25) is 0 Å². The number of benzene rings is 1. The van der Waals surface area contributed by atoms with E-state index >= 15 is 0 Å². The lowest BCUT2D eigenvalue weighted by Gasteiger charge is -2.05. The van der Waals surface area contributed by atoms with Crippen molar-refractivity contribution < 1.29 is 4.39 Å². The first-order chi connectivity index (χ1) is 6.27. The fourth-order valence-electron chi connectivity index (χ4n) is 1.06. The third-order valence-electron chi connectivity index (χ3n) is 1.79. The predicted molar refractivity (Wildman–Crippen MR) is 49.9 cm³/mol. The standard InChI is InChI=1S/C10H9ClFN/c11-6-8(7-13)5-9-3-1-2-4-10(9)12/h1-4,8H,5-6H2. The van der Waals surface area contributed by atoms with Gasteiger partial charge in [-0.2, -0.15) is 5.26 Å². The van der Waals surface area contributed by atoms with E-state index < -0.39 is 0 Å². The van der Waals surface area contributed by atoms with Crippen LogP contribution in [0.1, 0.15) is 5.56 Å². The molecule has 1 aromatic rings. The minimum Gasteiger partial charge on any atom is -0.207 e. The van der Waals surface area contributed by atoms with Gasteiger partial charge in [0.15, 0.2) is 0 Å². The molecule has 0 aliphatic carbocycles. The van der Waals surface area contributed by atoms with Crippen molar-refractivity contribution in [3.63, 3.8) is 0 Å². The first-order valence-corrected chi connectivity index (χ1v) is 4.50. The zero-order valence-electron chi connectivity index (χ0n) is 7.00. The Bertz CT molecular complexity index is 319. The van der Waals surface area contributed by atoms with Crippen LogP contribution in [0.2, 0.25) is 0 Å². The second-order valence-corrected chi connectivity index (χ2v) is 3.08. The van der Waals surface area contributed by atoms with Crippen LogP contribution >= 0.6 is 11.6 Å². The summed E-state index contributed by atoms with van der Waals surface area (Å²) in [4.78, 5) is 0. The summed E-state index contributed by atoms with van der Waals surface area (Å²) in [5.41, 5.74) is 0.551. The van der Waals surface area contributed by atoms with E-state index in [9.17, 15) is 4.39 Å². The fraction of sp³-hybridized carbons (Fsp3) is 0.300. The highest BCUT2D eigenvalue weighted by Crippen LogP contribution is 2.13. The van der Waals surface area contributed by atoms with E-state index in [4.69, 9.17) is 16.9 Å². The topological polar surface area (TPSA) is 23.8 Å². The van der Waals surface area contributed by atoms with Crippen molar-refractivity contribution in [1.82, 2.24) is 0 Å². The smallest absolute Gasteiger partial charge is 0.126 e. The van der Waals surface area contributed by atoms with Crippen LogP contribution in [-0.2, 0) is 6.42 Å². The van der Waals surface area contributed by atoms with Gasteiger partial charge in [0, 0.05) is 5.88 Å². The SMILES string of the molecule is N#CC(CCl)Cc1ccccc1F. The lowest BCUT2D eigenvalue weighted by molar-refractivity contribution is 0.595.